The van der Waals surface area contributed by atoms with Crippen molar-refractivity contribution in [2.24, 2.45) is 0 Å². The molecule has 1 aliphatic rings. The summed E-state index contributed by atoms with van der Waals surface area (Å²) < 4.78 is 11.2. The molecule has 1 unspecified atom stereocenters. The van der Waals surface area contributed by atoms with Crippen LogP contribution in [-0.2, 0) is 10.4 Å². The predicted octanol–water partition coefficient (Wildman–Crippen LogP) is 4.63. The van der Waals surface area contributed by atoms with E-state index < -0.39 is 11.5 Å². The van der Waals surface area contributed by atoms with Crippen LogP contribution in [0.1, 0.15) is 27.5 Å². The van der Waals surface area contributed by atoms with Crippen LogP contribution in [0.3, 0.4) is 0 Å². The molecule has 30 heavy (non-hydrogen) atoms. The van der Waals surface area contributed by atoms with Gasteiger partial charge in [-0.25, -0.2) is 0 Å². The number of carbonyl (C=O) groups excluding carboxylic acids is 1. The van der Waals surface area contributed by atoms with E-state index in [1.807, 2.05) is 66.0 Å². The van der Waals surface area contributed by atoms with Crippen molar-refractivity contribution in [3.63, 3.8) is 0 Å². The van der Waals surface area contributed by atoms with E-state index in [0.717, 1.165) is 16.0 Å². The van der Waals surface area contributed by atoms with E-state index >= 15 is 0 Å². The number of para-hydroxylation sites is 2. The number of amides is 1. The second kappa shape index (κ2) is 7.48. The van der Waals surface area contributed by atoms with Gasteiger partial charge in [0.1, 0.15) is 17.1 Å². The van der Waals surface area contributed by atoms with E-state index in [0.29, 0.717) is 17.1 Å². The van der Waals surface area contributed by atoms with Gasteiger partial charge in [-0.05, 0) is 29.6 Å². The highest BCUT2D eigenvalue weighted by Gasteiger charge is 2.37. The number of rotatable bonds is 5. The minimum atomic E-state index is -1.37. The van der Waals surface area contributed by atoms with Crippen LogP contribution in [0, 0.1) is 0 Å². The number of aliphatic hydroxyl groups is 1. The summed E-state index contributed by atoms with van der Waals surface area (Å²) >= 11 is 1.43. The largest absolute Gasteiger partial charge is 0.472 e. The van der Waals surface area contributed by atoms with Gasteiger partial charge in [-0.15, -0.1) is 11.3 Å². The average Bonchev–Trinajstić information content (AvgIpc) is 3.50. The molecule has 0 radical (unpaired) electrons. The van der Waals surface area contributed by atoms with Crippen molar-refractivity contribution in [1.82, 2.24) is 5.32 Å². The van der Waals surface area contributed by atoms with E-state index in [1.54, 1.807) is 6.07 Å². The van der Waals surface area contributed by atoms with Crippen LogP contribution in [0.15, 0.2) is 89.1 Å². The Hall–Kier alpha value is -3.35. The van der Waals surface area contributed by atoms with Gasteiger partial charge in [-0.2, -0.15) is 0 Å². The Kier molecular flexibility index (Phi) is 4.65. The zero-order valence-electron chi connectivity index (χ0n) is 15.9. The van der Waals surface area contributed by atoms with Gasteiger partial charge in [0.05, 0.1) is 25.0 Å². The van der Waals surface area contributed by atoms with E-state index in [1.165, 1.54) is 23.9 Å². The van der Waals surface area contributed by atoms with Gasteiger partial charge in [0.25, 0.3) is 0 Å². The number of ether oxygens (including phenoxy) is 1. The van der Waals surface area contributed by atoms with Crippen LogP contribution in [0.25, 0.3) is 0 Å². The van der Waals surface area contributed by atoms with Crippen LogP contribution >= 0.6 is 11.3 Å². The summed E-state index contributed by atoms with van der Waals surface area (Å²) in [5.41, 5.74) is 0.826. The molecule has 6 heteroatoms. The summed E-state index contributed by atoms with van der Waals surface area (Å²) in [4.78, 5) is 14.1. The van der Waals surface area contributed by atoms with E-state index in [4.69, 9.17) is 9.15 Å². The van der Waals surface area contributed by atoms with Crippen molar-refractivity contribution < 1.29 is 19.1 Å². The standard InChI is InChI=1S/C24H19NO4S/c26-23(25-15-24(27,16-11-12-28-14-16)21-10-5-13-30-21)22-17-6-1-3-8-19(17)29-20-9-4-2-7-18(20)22/h1-14,22,27H,15H2,(H,25,26). The molecule has 0 spiro atoms. The van der Waals surface area contributed by atoms with Crippen molar-refractivity contribution in [3.8, 4) is 11.5 Å². The number of furan rings is 1. The second-order valence-corrected chi connectivity index (χ2v) is 8.13. The molecule has 0 saturated heterocycles. The Labute approximate surface area is 177 Å². The van der Waals surface area contributed by atoms with Crippen LogP contribution in [0.4, 0.5) is 0 Å². The highest BCUT2D eigenvalue weighted by molar-refractivity contribution is 7.10. The topological polar surface area (TPSA) is 71.7 Å². The lowest BCUT2D eigenvalue weighted by Crippen LogP contribution is -2.43. The maximum Gasteiger partial charge on any atom is 0.232 e. The fourth-order valence-electron chi connectivity index (χ4n) is 3.85. The average molecular weight is 417 g/mol. The Balaban J connectivity index is 1.47. The molecule has 1 amide bonds. The zero-order chi connectivity index (χ0) is 20.6. The first-order chi connectivity index (χ1) is 14.7. The van der Waals surface area contributed by atoms with Crippen LogP contribution in [0.5, 0.6) is 11.5 Å². The third-order valence-corrected chi connectivity index (χ3v) is 6.41. The Morgan fingerprint density at radius 2 is 1.70 bits per heavy atom. The van der Waals surface area contributed by atoms with E-state index in [9.17, 15) is 9.90 Å². The Morgan fingerprint density at radius 3 is 2.30 bits per heavy atom. The molecule has 2 aromatic heterocycles. The highest BCUT2D eigenvalue weighted by atomic mass is 32.1. The minimum absolute atomic E-state index is 0.0214. The highest BCUT2D eigenvalue weighted by Crippen LogP contribution is 2.44. The molecular formula is C24H19NO4S. The molecule has 2 aromatic carbocycles. The third kappa shape index (κ3) is 3.10. The first-order valence-corrected chi connectivity index (χ1v) is 10.5. The molecule has 0 bridgehead atoms. The number of thiophene rings is 1. The third-order valence-electron chi connectivity index (χ3n) is 5.39. The SMILES string of the molecule is O=C(NCC(O)(c1ccoc1)c1cccs1)C1c2ccccc2Oc2ccccc21. The molecule has 1 atom stereocenters. The molecular weight excluding hydrogens is 398 g/mol. The summed E-state index contributed by atoms with van der Waals surface area (Å²) in [5, 5.41) is 16.3. The Morgan fingerprint density at radius 1 is 1.00 bits per heavy atom. The van der Waals surface area contributed by atoms with Gasteiger partial charge in [0, 0.05) is 21.6 Å². The minimum Gasteiger partial charge on any atom is -0.472 e. The number of carbonyl (C=O) groups is 1. The molecule has 5 rings (SSSR count). The van der Waals surface area contributed by atoms with Gasteiger partial charge >= 0.3 is 0 Å². The summed E-state index contributed by atoms with van der Waals surface area (Å²) in [6, 6.07) is 20.5. The van der Waals surface area contributed by atoms with Crippen LogP contribution in [0.2, 0.25) is 0 Å². The van der Waals surface area contributed by atoms with Crippen molar-refractivity contribution in [3.05, 3.63) is 106 Å². The van der Waals surface area contributed by atoms with Gasteiger partial charge < -0.3 is 19.6 Å². The first-order valence-electron chi connectivity index (χ1n) is 9.59. The van der Waals surface area contributed by atoms with Gasteiger partial charge in [0.2, 0.25) is 5.91 Å². The van der Waals surface area contributed by atoms with E-state index in [-0.39, 0.29) is 12.5 Å². The molecule has 150 valence electrons. The number of benzene rings is 2. The van der Waals surface area contributed by atoms with Gasteiger partial charge in [0.15, 0.2) is 0 Å². The van der Waals surface area contributed by atoms with Crippen molar-refractivity contribution in [2.45, 2.75) is 11.5 Å². The maximum absolute atomic E-state index is 13.4. The maximum atomic E-state index is 13.4. The van der Waals surface area contributed by atoms with Crippen molar-refractivity contribution in [2.75, 3.05) is 6.54 Å². The normalized spacial score (nSPS) is 14.8. The first kappa shape index (κ1) is 18.7. The summed E-state index contributed by atoms with van der Waals surface area (Å²) in [5.74, 6) is 0.610. The quantitative estimate of drug-likeness (QED) is 0.497. The summed E-state index contributed by atoms with van der Waals surface area (Å²) in [7, 11) is 0. The van der Waals surface area contributed by atoms with Gasteiger partial charge in [-0.1, -0.05) is 42.5 Å². The number of hydrogen-bond donors (Lipinski definition) is 2. The summed E-state index contributed by atoms with van der Waals surface area (Å²) in [6.07, 6.45) is 3.02. The molecule has 2 N–H and O–H groups in total. The van der Waals surface area contributed by atoms with Crippen LogP contribution < -0.4 is 10.1 Å². The second-order valence-electron chi connectivity index (χ2n) is 7.18. The number of fused-ring (bicyclic) bond motifs is 2. The fraction of sp³-hybridized carbons (Fsp3) is 0.125. The molecule has 5 nitrogen and oxygen atoms in total. The Bertz CT molecular complexity index is 1090. The molecule has 1 aliphatic heterocycles. The summed E-state index contributed by atoms with van der Waals surface area (Å²) in [6.45, 7) is 0.0214. The van der Waals surface area contributed by atoms with Gasteiger partial charge in [-0.3, -0.25) is 4.79 Å². The number of hydrogen-bond acceptors (Lipinski definition) is 5. The van der Waals surface area contributed by atoms with Crippen molar-refractivity contribution in [1.29, 1.82) is 0 Å². The lowest BCUT2D eigenvalue weighted by Gasteiger charge is -2.30. The van der Waals surface area contributed by atoms with E-state index in [2.05, 4.69) is 5.32 Å². The lowest BCUT2D eigenvalue weighted by atomic mass is 9.86. The fourth-order valence-corrected chi connectivity index (χ4v) is 4.70. The zero-order valence-corrected chi connectivity index (χ0v) is 16.8. The molecule has 3 heterocycles. The monoisotopic (exact) mass is 417 g/mol. The lowest BCUT2D eigenvalue weighted by molar-refractivity contribution is -0.122. The number of nitrogens with one attached hydrogen (secondary N) is 1. The van der Waals surface area contributed by atoms with Crippen LogP contribution in [-0.4, -0.2) is 17.6 Å². The van der Waals surface area contributed by atoms with Crippen molar-refractivity contribution >= 4 is 17.2 Å². The molecule has 0 aliphatic carbocycles. The molecule has 4 aromatic rings. The molecule has 0 fully saturated rings. The smallest absolute Gasteiger partial charge is 0.232 e. The molecule has 0 saturated carbocycles. The predicted molar refractivity (Wildman–Crippen MR) is 114 cm³/mol.